The molecule has 0 aromatic carbocycles. The molecule has 2 atom stereocenters. The molecule has 2 nitrogen and oxygen atoms in total. The molecule has 1 aromatic rings. The minimum atomic E-state index is 0.622. The molecule has 2 heteroatoms. The zero-order chi connectivity index (χ0) is 26.1. The molecule has 0 bridgehead atoms. The van der Waals surface area contributed by atoms with Gasteiger partial charge >= 0.3 is 0 Å². The maximum atomic E-state index is 3.67. The lowest BCUT2D eigenvalue weighted by molar-refractivity contribution is -0.727. The van der Waals surface area contributed by atoms with Crippen molar-refractivity contribution in [2.24, 2.45) is 0 Å². The molecule has 0 aliphatic rings. The molecule has 0 spiro atoms. The second-order valence-corrected chi connectivity index (χ2v) is 11.9. The van der Waals surface area contributed by atoms with Gasteiger partial charge in [-0.25, -0.2) is 9.55 Å². The Bertz CT molecular complexity index is 563. The number of unbranched alkanes of at least 4 members (excludes halogenated alkanes) is 19. The van der Waals surface area contributed by atoms with Crippen LogP contribution in [0.2, 0.25) is 0 Å². The van der Waals surface area contributed by atoms with Crippen molar-refractivity contribution in [2.75, 3.05) is 0 Å². The summed E-state index contributed by atoms with van der Waals surface area (Å²) in [6.45, 7) is 9.40. The number of hydrogen-bond acceptors (Lipinski definition) is 0. The van der Waals surface area contributed by atoms with E-state index in [0.717, 1.165) is 0 Å². The van der Waals surface area contributed by atoms with E-state index in [9.17, 15) is 0 Å². The molecule has 0 aliphatic carbocycles. The normalized spacial score (nSPS) is 13.3. The third-order valence-electron chi connectivity index (χ3n) is 8.39. The number of hydrogen-bond donors (Lipinski definition) is 1. The first-order chi connectivity index (χ1) is 17.7. The van der Waals surface area contributed by atoms with Crippen molar-refractivity contribution in [3.8, 4) is 0 Å². The molecule has 0 aliphatic heterocycles. The predicted molar refractivity (Wildman–Crippen MR) is 161 cm³/mol. The first-order valence-corrected chi connectivity index (χ1v) is 16.8. The van der Waals surface area contributed by atoms with Gasteiger partial charge in [0.2, 0.25) is 0 Å². The van der Waals surface area contributed by atoms with Crippen LogP contribution in [0.3, 0.4) is 0 Å². The number of imidazole rings is 1. The molecule has 1 N–H and O–H groups in total. The minimum absolute atomic E-state index is 0.622. The standard InChI is InChI=1S/C34H66N2/c1-5-8-11-13-15-16-17-18-19-20-21-22-23-25-27-32(4)36-31-30-35-34(36)33(28-10-7-3)29-26-24-14-12-9-6-2/h30-33H,5-29H2,1-4H3/p+1. The lowest BCUT2D eigenvalue weighted by atomic mass is 9.93. The topological polar surface area (TPSA) is 19.7 Å². The Morgan fingerprint density at radius 1 is 0.528 bits per heavy atom. The lowest BCUT2D eigenvalue weighted by Gasteiger charge is -2.17. The molecule has 2 unspecified atom stereocenters. The van der Waals surface area contributed by atoms with Gasteiger partial charge in [0.15, 0.2) is 0 Å². The largest absolute Gasteiger partial charge is 0.257 e. The van der Waals surface area contributed by atoms with Crippen molar-refractivity contribution in [1.82, 2.24) is 4.98 Å². The fourth-order valence-corrected chi connectivity index (χ4v) is 5.88. The molecule has 0 radical (unpaired) electrons. The SMILES string of the molecule is CCCCCCCCCCCCCCCCC(C)[n+]1cc[nH]c1C(CCCC)CCCCCCCC. The average molecular weight is 504 g/mol. The zero-order valence-corrected chi connectivity index (χ0v) is 25.4. The quantitative estimate of drug-likeness (QED) is 0.0909. The second-order valence-electron chi connectivity index (χ2n) is 11.9. The molecule has 36 heavy (non-hydrogen) atoms. The third-order valence-corrected chi connectivity index (χ3v) is 8.39. The Hall–Kier alpha value is -0.790. The molecule has 0 saturated carbocycles. The lowest BCUT2D eigenvalue weighted by Crippen LogP contribution is -2.41. The highest BCUT2D eigenvalue weighted by atomic mass is 15.1. The van der Waals surface area contributed by atoms with E-state index in [1.807, 2.05) is 0 Å². The zero-order valence-electron chi connectivity index (χ0n) is 25.4. The van der Waals surface area contributed by atoms with Crippen LogP contribution in [0.4, 0.5) is 0 Å². The average Bonchev–Trinajstić information content (AvgIpc) is 3.38. The van der Waals surface area contributed by atoms with Crippen LogP contribution in [-0.2, 0) is 0 Å². The van der Waals surface area contributed by atoms with Crippen molar-refractivity contribution in [3.05, 3.63) is 18.2 Å². The number of rotatable bonds is 27. The fourth-order valence-electron chi connectivity index (χ4n) is 5.88. The Balaban J connectivity index is 2.20. The van der Waals surface area contributed by atoms with Gasteiger partial charge in [-0.3, -0.25) is 0 Å². The summed E-state index contributed by atoms with van der Waals surface area (Å²) < 4.78 is 2.60. The molecular weight excluding hydrogens is 436 g/mol. The van der Waals surface area contributed by atoms with Gasteiger partial charge in [0, 0.05) is 0 Å². The summed E-state index contributed by atoms with van der Waals surface area (Å²) in [6.07, 6.45) is 39.8. The minimum Gasteiger partial charge on any atom is -0.247 e. The van der Waals surface area contributed by atoms with Crippen LogP contribution in [0.25, 0.3) is 0 Å². The number of nitrogens with one attached hydrogen (secondary N) is 1. The second kappa shape index (κ2) is 24.5. The van der Waals surface area contributed by atoms with Gasteiger partial charge < -0.3 is 0 Å². The first-order valence-electron chi connectivity index (χ1n) is 16.8. The van der Waals surface area contributed by atoms with Crippen LogP contribution in [0.15, 0.2) is 12.4 Å². The van der Waals surface area contributed by atoms with E-state index in [1.165, 1.54) is 166 Å². The van der Waals surface area contributed by atoms with Crippen LogP contribution < -0.4 is 4.57 Å². The number of nitrogens with zero attached hydrogens (tertiary/aromatic N) is 1. The van der Waals surface area contributed by atoms with Gasteiger partial charge in [0.25, 0.3) is 5.82 Å². The number of H-pyrrole nitrogens is 1. The molecule has 1 aromatic heterocycles. The third kappa shape index (κ3) is 16.9. The first kappa shape index (κ1) is 33.2. The smallest absolute Gasteiger partial charge is 0.247 e. The van der Waals surface area contributed by atoms with E-state index in [0.29, 0.717) is 12.0 Å². The van der Waals surface area contributed by atoms with Crippen molar-refractivity contribution in [2.45, 2.75) is 200 Å². The Labute approximate surface area is 227 Å². The van der Waals surface area contributed by atoms with E-state index in [4.69, 9.17) is 0 Å². The fraction of sp³-hybridized carbons (Fsp3) is 0.912. The van der Waals surface area contributed by atoms with Crippen LogP contribution in [0, 0.1) is 0 Å². The Kier molecular flexibility index (Phi) is 22.7. The van der Waals surface area contributed by atoms with Crippen molar-refractivity contribution in [1.29, 1.82) is 0 Å². The molecule has 0 fully saturated rings. The highest BCUT2D eigenvalue weighted by Crippen LogP contribution is 2.26. The van der Waals surface area contributed by atoms with Gasteiger partial charge in [0.05, 0.1) is 12.0 Å². The molecule has 1 rings (SSSR count). The summed E-state index contributed by atoms with van der Waals surface area (Å²) in [5, 5.41) is 0. The Morgan fingerprint density at radius 3 is 1.39 bits per heavy atom. The van der Waals surface area contributed by atoms with Crippen molar-refractivity contribution in [3.63, 3.8) is 0 Å². The van der Waals surface area contributed by atoms with E-state index in [1.54, 1.807) is 0 Å². The number of aromatic nitrogens is 2. The molecular formula is C34H67N2+. The molecule has 0 saturated heterocycles. The van der Waals surface area contributed by atoms with Gasteiger partial charge in [-0.05, 0) is 32.6 Å². The van der Waals surface area contributed by atoms with Crippen LogP contribution in [0.1, 0.15) is 206 Å². The highest BCUT2D eigenvalue weighted by molar-refractivity contribution is 4.90. The van der Waals surface area contributed by atoms with E-state index >= 15 is 0 Å². The van der Waals surface area contributed by atoms with Gasteiger partial charge in [-0.1, -0.05) is 156 Å². The van der Waals surface area contributed by atoms with Gasteiger partial charge in [-0.15, -0.1) is 0 Å². The molecule has 212 valence electrons. The van der Waals surface area contributed by atoms with Crippen molar-refractivity contribution >= 4 is 0 Å². The summed E-state index contributed by atoms with van der Waals surface area (Å²) in [7, 11) is 0. The van der Waals surface area contributed by atoms with E-state index in [2.05, 4.69) is 49.6 Å². The summed E-state index contributed by atoms with van der Waals surface area (Å²) in [5.74, 6) is 2.22. The van der Waals surface area contributed by atoms with Crippen LogP contribution in [0.5, 0.6) is 0 Å². The molecule has 0 amide bonds. The van der Waals surface area contributed by atoms with Gasteiger partial charge in [-0.2, -0.15) is 0 Å². The summed E-state index contributed by atoms with van der Waals surface area (Å²) in [4.78, 5) is 3.67. The summed E-state index contributed by atoms with van der Waals surface area (Å²) >= 11 is 0. The van der Waals surface area contributed by atoms with Gasteiger partial charge in [0.1, 0.15) is 12.4 Å². The molecule has 1 heterocycles. The van der Waals surface area contributed by atoms with Crippen LogP contribution >= 0.6 is 0 Å². The van der Waals surface area contributed by atoms with E-state index < -0.39 is 0 Å². The van der Waals surface area contributed by atoms with Crippen LogP contribution in [-0.4, -0.2) is 4.98 Å². The van der Waals surface area contributed by atoms with Crippen molar-refractivity contribution < 1.29 is 4.57 Å². The van der Waals surface area contributed by atoms with E-state index in [-0.39, 0.29) is 0 Å². The maximum absolute atomic E-state index is 3.67. The maximum Gasteiger partial charge on any atom is 0.257 e. The predicted octanol–water partition coefficient (Wildman–Crippen LogP) is 11.8. The Morgan fingerprint density at radius 2 is 0.917 bits per heavy atom. The summed E-state index contributed by atoms with van der Waals surface area (Å²) in [6, 6.07) is 0.622. The summed E-state index contributed by atoms with van der Waals surface area (Å²) in [5.41, 5.74) is 0. The number of aromatic amines is 1. The monoisotopic (exact) mass is 504 g/mol. The highest BCUT2D eigenvalue weighted by Gasteiger charge is 2.25.